The van der Waals surface area contributed by atoms with Crippen molar-refractivity contribution >= 4 is 52.2 Å². The van der Waals surface area contributed by atoms with Crippen molar-refractivity contribution in [2.24, 2.45) is 0 Å². The molecule has 0 bridgehead atoms. The Balaban J connectivity index is 0.00000103. The summed E-state index contributed by atoms with van der Waals surface area (Å²) in [6, 6.07) is 59.3. The molecule has 0 N–H and O–H groups in total. The third-order valence-electron chi connectivity index (χ3n) is 6.63. The summed E-state index contributed by atoms with van der Waals surface area (Å²) < 4.78 is 0. The molecule has 0 saturated carbocycles. The summed E-state index contributed by atoms with van der Waals surface area (Å²) in [6.45, 7) is 0. The van der Waals surface area contributed by atoms with Gasteiger partial charge in [-0.3, -0.25) is 0 Å². The minimum absolute atomic E-state index is 0.766. The smallest absolute Gasteiger partial charge is 0.0134 e. The minimum atomic E-state index is -0.766. The van der Waals surface area contributed by atoms with Crippen LogP contribution in [0.25, 0.3) is 33.4 Å². The zero-order valence-electron chi connectivity index (χ0n) is 21.6. The molecule has 0 heterocycles. The van der Waals surface area contributed by atoms with Crippen LogP contribution in [-0.4, -0.2) is 0 Å². The van der Waals surface area contributed by atoms with Gasteiger partial charge in [-0.05, 0) is 75.4 Å². The Morgan fingerprint density at radius 1 is 0.325 bits per heavy atom. The predicted molar refractivity (Wildman–Crippen MR) is 179 cm³/mol. The molecule has 0 aromatic heterocycles. The molecule has 0 radical (unpaired) electrons. The Morgan fingerprint density at radius 3 is 0.850 bits per heavy atom. The van der Waals surface area contributed by atoms with Gasteiger partial charge in [0.1, 0.15) is 0 Å². The van der Waals surface area contributed by atoms with Crippen LogP contribution in [0.4, 0.5) is 0 Å². The Kier molecular flexibility index (Phi) is 10.6. The molecule has 0 amide bonds. The first-order valence-electron chi connectivity index (χ1n) is 12.9. The average Bonchev–Trinajstić information content (AvgIpc) is 3.03. The van der Waals surface area contributed by atoms with Gasteiger partial charge in [0.2, 0.25) is 0 Å². The van der Waals surface area contributed by atoms with Crippen LogP contribution in [0.2, 0.25) is 0 Å². The van der Waals surface area contributed by atoms with Crippen LogP contribution in [0.1, 0.15) is 0 Å². The van der Waals surface area contributed by atoms with Crippen molar-refractivity contribution in [1.82, 2.24) is 0 Å². The molecule has 4 heteroatoms. The first-order valence-corrected chi connectivity index (χ1v) is 19.4. The van der Waals surface area contributed by atoms with Crippen LogP contribution in [-0.2, 0) is 11.1 Å². The molecule has 199 valence electrons. The molecule has 0 aliphatic rings. The van der Waals surface area contributed by atoms with Gasteiger partial charge in [0.05, 0.1) is 0 Å². The van der Waals surface area contributed by atoms with Crippen LogP contribution in [0.3, 0.4) is 0 Å². The fourth-order valence-electron chi connectivity index (χ4n) is 4.81. The maximum atomic E-state index is 3.03. The topological polar surface area (TPSA) is 0 Å². The van der Waals surface area contributed by atoms with Gasteiger partial charge in [0.25, 0.3) is 0 Å². The number of halogens is 2. The number of hydrogen-bond donors (Lipinski definition) is 0. The van der Waals surface area contributed by atoms with Crippen molar-refractivity contribution < 1.29 is 11.1 Å². The summed E-state index contributed by atoms with van der Waals surface area (Å²) >= 11 is 7.12. The molecular weight excluding hydrogens is 682 g/mol. The molecule has 40 heavy (non-hydrogen) atoms. The minimum Gasteiger partial charge on any atom is -0.0622 e. The van der Waals surface area contributed by atoms with E-state index in [1.165, 1.54) is 49.3 Å². The van der Waals surface area contributed by atoms with E-state index in [1.807, 2.05) is 0 Å². The van der Waals surface area contributed by atoms with Gasteiger partial charge < -0.3 is 0 Å². The van der Waals surface area contributed by atoms with Crippen molar-refractivity contribution in [1.29, 1.82) is 0 Å². The molecule has 6 aromatic carbocycles. The Hall–Kier alpha value is -2.78. The van der Waals surface area contributed by atoms with Crippen LogP contribution in [0, 0.1) is 0 Å². The Morgan fingerprint density at radius 2 is 0.575 bits per heavy atom. The van der Waals surface area contributed by atoms with Crippen LogP contribution in [0.15, 0.2) is 164 Å². The first-order chi connectivity index (χ1) is 19.8. The summed E-state index contributed by atoms with van der Waals surface area (Å²) in [5.74, 6) is 0. The second-order valence-corrected chi connectivity index (χ2v) is 16.6. The van der Waals surface area contributed by atoms with Gasteiger partial charge >= 0.3 is 39.5 Å². The maximum Gasteiger partial charge on any atom is -0.0134 e. The van der Waals surface area contributed by atoms with Crippen LogP contribution >= 0.6 is 36.3 Å². The van der Waals surface area contributed by atoms with Gasteiger partial charge in [0.15, 0.2) is 0 Å². The molecule has 0 spiro atoms. The van der Waals surface area contributed by atoms with Crippen molar-refractivity contribution in [3.8, 4) is 33.4 Å². The second kappa shape index (κ2) is 14.7. The fourth-order valence-corrected chi connectivity index (χ4v) is 7.22. The molecule has 0 aliphatic heterocycles. The zero-order chi connectivity index (χ0) is 27.6. The van der Waals surface area contributed by atoms with E-state index in [1.54, 1.807) is 0 Å². The van der Waals surface area contributed by atoms with Crippen molar-refractivity contribution in [3.05, 3.63) is 164 Å². The summed E-state index contributed by atoms with van der Waals surface area (Å²) in [5, 5.41) is 4.06. The van der Waals surface area contributed by atoms with Gasteiger partial charge in [-0.2, -0.15) is 0 Å². The van der Waals surface area contributed by atoms with E-state index in [-0.39, 0.29) is 0 Å². The summed E-state index contributed by atoms with van der Waals surface area (Å²) in [5.41, 5.74) is 7.50. The molecule has 0 atom stereocenters. The van der Waals surface area contributed by atoms with Crippen LogP contribution < -0.4 is 15.9 Å². The van der Waals surface area contributed by atoms with E-state index in [4.69, 9.17) is 0 Å². The molecule has 0 unspecified atom stereocenters. The SMILES string of the molecule is [Br][Co][Br].c1ccc(-c2cccc(P(c3cccc(-c4ccccc4)c3)c3cccc(-c4ccccc4)c3)c2)cc1. The predicted octanol–water partition coefficient (Wildman–Crippen LogP) is 10.1. The molecule has 0 nitrogen and oxygen atoms in total. The van der Waals surface area contributed by atoms with E-state index in [9.17, 15) is 0 Å². The standard InChI is InChI=1S/C36H27P.2BrH.Co/c1-4-13-28(14-5-1)31-19-10-22-34(25-31)37(35-23-11-20-32(26-35)29-15-6-2-7-16-29)36-24-12-21-33(27-36)30-17-8-3-9-18-30;;;/h1-27H;2*1H;/q;;;+2/p-2. The molecule has 0 fully saturated rings. The third-order valence-corrected chi connectivity index (χ3v) is 9.02. The number of benzene rings is 6. The van der Waals surface area contributed by atoms with Gasteiger partial charge in [-0.25, -0.2) is 0 Å². The van der Waals surface area contributed by atoms with Crippen molar-refractivity contribution in [3.63, 3.8) is 0 Å². The zero-order valence-corrected chi connectivity index (χ0v) is 26.7. The van der Waals surface area contributed by atoms with Crippen molar-refractivity contribution in [2.75, 3.05) is 0 Å². The van der Waals surface area contributed by atoms with Gasteiger partial charge in [-0.15, -0.1) is 0 Å². The van der Waals surface area contributed by atoms with E-state index < -0.39 is 7.92 Å². The van der Waals surface area contributed by atoms with Gasteiger partial charge in [0, 0.05) is 0 Å². The normalized spacial score (nSPS) is 10.7. The monoisotopic (exact) mass is 707 g/mol. The largest absolute Gasteiger partial charge is 0.0622 e. The first kappa shape index (κ1) is 28.7. The van der Waals surface area contributed by atoms with E-state index in [2.05, 4.69) is 192 Å². The fraction of sp³-hybridized carbons (Fsp3) is 0. The average molecular weight is 709 g/mol. The summed E-state index contributed by atoms with van der Waals surface area (Å²) in [4.78, 5) is 0. The Labute approximate surface area is 258 Å². The molecular formula is C36H27Br2CoP. The molecule has 6 rings (SSSR count). The summed E-state index contributed by atoms with van der Waals surface area (Å²) in [6.07, 6.45) is 0. The van der Waals surface area contributed by atoms with E-state index >= 15 is 0 Å². The second-order valence-electron chi connectivity index (χ2n) is 9.13. The van der Waals surface area contributed by atoms with E-state index in [0.29, 0.717) is 0 Å². The maximum absolute atomic E-state index is 3.03. The van der Waals surface area contributed by atoms with Crippen LogP contribution in [0.5, 0.6) is 0 Å². The van der Waals surface area contributed by atoms with Crippen molar-refractivity contribution in [2.45, 2.75) is 0 Å². The molecule has 0 aliphatic carbocycles. The molecule has 0 saturated heterocycles. The van der Waals surface area contributed by atoms with Gasteiger partial charge in [-0.1, -0.05) is 146 Å². The number of rotatable bonds is 6. The third kappa shape index (κ3) is 7.29. The number of hydrogen-bond acceptors (Lipinski definition) is 0. The molecule has 6 aromatic rings. The summed E-state index contributed by atoms with van der Waals surface area (Å²) in [7, 11) is -0.766. The van der Waals surface area contributed by atoms with E-state index in [0.717, 1.165) is 11.1 Å². The quantitative estimate of drug-likeness (QED) is 0.151. The Bertz CT molecular complexity index is 1440.